The maximum Gasteiger partial charge on any atom is 0.407 e. The summed E-state index contributed by atoms with van der Waals surface area (Å²) in [5.41, 5.74) is 4.53. The van der Waals surface area contributed by atoms with Gasteiger partial charge in [0.1, 0.15) is 12.6 Å². The van der Waals surface area contributed by atoms with Gasteiger partial charge < -0.3 is 20.1 Å². The highest BCUT2D eigenvalue weighted by atomic mass is 19.3. The number of alkyl halides is 2. The van der Waals surface area contributed by atoms with Crippen LogP contribution in [-0.2, 0) is 14.3 Å². The predicted molar refractivity (Wildman–Crippen MR) is 122 cm³/mol. The number of hydrogen-bond donors (Lipinski definition) is 2. The Hall–Kier alpha value is -3.49. The van der Waals surface area contributed by atoms with Crippen LogP contribution < -0.4 is 5.32 Å². The molecule has 1 atom stereocenters. The zero-order valence-corrected chi connectivity index (χ0v) is 19.0. The quantitative estimate of drug-likeness (QED) is 0.646. The van der Waals surface area contributed by atoms with Crippen LogP contribution in [0.5, 0.6) is 0 Å². The van der Waals surface area contributed by atoms with Crippen LogP contribution in [0.4, 0.5) is 13.6 Å². The fourth-order valence-electron chi connectivity index (χ4n) is 5.49. The average molecular weight is 484 g/mol. The molecule has 0 unspecified atom stereocenters. The summed E-state index contributed by atoms with van der Waals surface area (Å²) in [7, 11) is 0. The Kier molecular flexibility index (Phi) is 5.94. The third-order valence-electron chi connectivity index (χ3n) is 7.24. The number of alkyl carbamates (subject to hydrolysis) is 1. The molecule has 2 aromatic rings. The Morgan fingerprint density at radius 2 is 1.63 bits per heavy atom. The van der Waals surface area contributed by atoms with Gasteiger partial charge in [-0.3, -0.25) is 4.79 Å². The fraction of sp³-hybridized carbons (Fsp3) is 0.423. The maximum atomic E-state index is 13.6. The van der Waals surface area contributed by atoms with Crippen molar-refractivity contribution in [2.24, 2.45) is 5.92 Å². The van der Waals surface area contributed by atoms with Crippen LogP contribution in [-0.4, -0.2) is 59.1 Å². The van der Waals surface area contributed by atoms with Gasteiger partial charge in [0.25, 0.3) is 5.92 Å². The van der Waals surface area contributed by atoms with E-state index in [9.17, 15) is 23.2 Å². The molecule has 35 heavy (non-hydrogen) atoms. The van der Waals surface area contributed by atoms with E-state index < -0.39 is 42.9 Å². The van der Waals surface area contributed by atoms with Crippen molar-refractivity contribution in [3.8, 4) is 11.1 Å². The van der Waals surface area contributed by atoms with Gasteiger partial charge in [-0.1, -0.05) is 48.5 Å². The van der Waals surface area contributed by atoms with Crippen LogP contribution in [0.15, 0.2) is 48.5 Å². The molecule has 1 aliphatic heterocycles. The number of carbonyl (C=O) groups is 3. The first-order valence-electron chi connectivity index (χ1n) is 11.7. The molecule has 0 spiro atoms. The number of nitrogens with zero attached hydrogens (tertiary/aromatic N) is 1. The highest BCUT2D eigenvalue weighted by Crippen LogP contribution is 2.44. The number of amides is 2. The molecule has 0 aromatic heterocycles. The standard InChI is InChI=1S/C26H26F2N2O5/c27-26(28)12-22(24(32)33)30(14-26)23(31)11-15-9-16(10-15)29-25(34)35-13-21-19-7-3-1-5-17(19)18-6-2-4-8-20(18)21/h1-8,15-16,21-22H,9-14H2,(H,29,34)(H,32,33)/t15?,16?,22-/m0/s1. The molecule has 1 saturated heterocycles. The fourth-order valence-corrected chi connectivity index (χ4v) is 5.49. The first-order valence-corrected chi connectivity index (χ1v) is 11.7. The highest BCUT2D eigenvalue weighted by molar-refractivity contribution is 5.85. The molecule has 5 rings (SSSR count). The Bertz CT molecular complexity index is 1120. The number of carboxylic acid groups (broad SMARTS) is 1. The van der Waals surface area contributed by atoms with Crippen molar-refractivity contribution >= 4 is 18.0 Å². The van der Waals surface area contributed by atoms with Crippen molar-refractivity contribution < 1.29 is 33.0 Å². The number of hydrogen-bond acceptors (Lipinski definition) is 4. The van der Waals surface area contributed by atoms with Crippen LogP contribution in [0.25, 0.3) is 11.1 Å². The lowest BCUT2D eigenvalue weighted by atomic mass is 9.78. The second-order valence-corrected chi connectivity index (χ2v) is 9.64. The normalized spacial score (nSPS) is 24.3. The molecule has 184 valence electrons. The Morgan fingerprint density at radius 3 is 2.23 bits per heavy atom. The molecular weight excluding hydrogens is 458 g/mol. The summed E-state index contributed by atoms with van der Waals surface area (Å²) in [6.07, 6.45) is -0.379. The summed E-state index contributed by atoms with van der Waals surface area (Å²) < 4.78 is 32.8. The molecule has 2 amide bonds. The summed E-state index contributed by atoms with van der Waals surface area (Å²) >= 11 is 0. The van der Waals surface area contributed by atoms with Crippen LogP contribution in [0.1, 0.15) is 42.7 Å². The van der Waals surface area contributed by atoms with Gasteiger partial charge in [-0.25, -0.2) is 18.4 Å². The molecular formula is C26H26F2N2O5. The Labute approximate surface area is 201 Å². The van der Waals surface area contributed by atoms with Crippen LogP contribution >= 0.6 is 0 Å². The van der Waals surface area contributed by atoms with Gasteiger partial charge in [0, 0.05) is 24.8 Å². The smallest absolute Gasteiger partial charge is 0.407 e. The van der Waals surface area contributed by atoms with Crippen molar-refractivity contribution in [2.75, 3.05) is 13.2 Å². The number of fused-ring (bicyclic) bond motifs is 3. The second-order valence-electron chi connectivity index (χ2n) is 9.64. The van der Waals surface area contributed by atoms with Crippen molar-refractivity contribution in [1.82, 2.24) is 10.2 Å². The zero-order chi connectivity index (χ0) is 24.7. The topological polar surface area (TPSA) is 95.9 Å². The van der Waals surface area contributed by atoms with Gasteiger partial charge in [0.2, 0.25) is 5.91 Å². The summed E-state index contributed by atoms with van der Waals surface area (Å²) in [4.78, 5) is 36.9. The summed E-state index contributed by atoms with van der Waals surface area (Å²) in [6, 6.07) is 14.5. The van der Waals surface area contributed by atoms with Crippen LogP contribution in [0, 0.1) is 5.92 Å². The summed E-state index contributed by atoms with van der Waals surface area (Å²) in [6.45, 7) is -0.662. The van der Waals surface area contributed by atoms with E-state index in [1.54, 1.807) is 0 Å². The third kappa shape index (κ3) is 4.59. The van der Waals surface area contributed by atoms with Gasteiger partial charge >= 0.3 is 12.1 Å². The van der Waals surface area contributed by atoms with Gasteiger partial charge in [-0.2, -0.15) is 0 Å². The monoisotopic (exact) mass is 484 g/mol. The van der Waals surface area contributed by atoms with Crippen LogP contribution in [0.2, 0.25) is 0 Å². The number of aliphatic carboxylic acids is 1. The molecule has 2 aliphatic carbocycles. The van der Waals surface area contributed by atoms with E-state index in [1.807, 2.05) is 36.4 Å². The lowest BCUT2D eigenvalue weighted by molar-refractivity contribution is -0.148. The Morgan fingerprint density at radius 1 is 1.03 bits per heavy atom. The number of likely N-dealkylation sites (tertiary alicyclic amines) is 1. The number of rotatable bonds is 6. The number of carboxylic acids is 1. The molecule has 2 N–H and O–H groups in total. The summed E-state index contributed by atoms with van der Waals surface area (Å²) in [5.74, 6) is -5.32. The zero-order valence-electron chi connectivity index (χ0n) is 19.0. The number of halogens is 2. The van der Waals surface area contributed by atoms with E-state index in [0.717, 1.165) is 27.2 Å². The van der Waals surface area contributed by atoms with E-state index in [0.29, 0.717) is 12.8 Å². The lowest BCUT2D eigenvalue weighted by Crippen LogP contribution is -2.47. The molecule has 7 nitrogen and oxygen atoms in total. The van der Waals surface area contributed by atoms with Crippen molar-refractivity contribution in [2.45, 2.75) is 49.6 Å². The van der Waals surface area contributed by atoms with Gasteiger partial charge in [0.15, 0.2) is 0 Å². The van der Waals surface area contributed by atoms with Crippen molar-refractivity contribution in [1.29, 1.82) is 0 Å². The van der Waals surface area contributed by atoms with E-state index in [1.165, 1.54) is 0 Å². The number of nitrogens with one attached hydrogen (secondary N) is 1. The van der Waals surface area contributed by atoms with E-state index in [2.05, 4.69) is 17.4 Å². The molecule has 0 bridgehead atoms. The highest BCUT2D eigenvalue weighted by Gasteiger charge is 2.50. The van der Waals surface area contributed by atoms with Crippen molar-refractivity contribution in [3.63, 3.8) is 0 Å². The average Bonchev–Trinajstić information content (AvgIpc) is 3.30. The SMILES string of the molecule is O=C(NC1CC(CC(=O)N2CC(F)(F)C[C@H]2C(=O)O)C1)OCC1c2ccccc2-c2ccccc21. The lowest BCUT2D eigenvalue weighted by Gasteiger charge is -2.36. The minimum absolute atomic E-state index is 0.0112. The molecule has 1 saturated carbocycles. The van der Waals surface area contributed by atoms with Gasteiger partial charge in [0.05, 0.1) is 6.54 Å². The third-order valence-corrected chi connectivity index (χ3v) is 7.24. The number of carbonyl (C=O) groups excluding carboxylic acids is 2. The Balaban J connectivity index is 1.09. The second kappa shape index (κ2) is 8.94. The van der Waals surface area contributed by atoms with Gasteiger partial charge in [-0.15, -0.1) is 0 Å². The first-order chi connectivity index (χ1) is 16.7. The number of benzene rings is 2. The van der Waals surface area contributed by atoms with E-state index in [4.69, 9.17) is 9.84 Å². The molecule has 0 radical (unpaired) electrons. The molecule has 2 fully saturated rings. The predicted octanol–water partition coefficient (Wildman–Crippen LogP) is 4.01. The molecule has 2 aromatic carbocycles. The maximum absolute atomic E-state index is 13.6. The van der Waals surface area contributed by atoms with Crippen LogP contribution in [0.3, 0.4) is 0 Å². The largest absolute Gasteiger partial charge is 0.480 e. The molecule has 3 aliphatic rings. The van der Waals surface area contributed by atoms with Crippen molar-refractivity contribution in [3.05, 3.63) is 59.7 Å². The molecule has 1 heterocycles. The minimum Gasteiger partial charge on any atom is -0.480 e. The first kappa shape index (κ1) is 23.3. The number of ether oxygens (including phenoxy) is 1. The van der Waals surface area contributed by atoms with E-state index in [-0.39, 0.29) is 30.9 Å². The van der Waals surface area contributed by atoms with E-state index >= 15 is 0 Å². The van der Waals surface area contributed by atoms with Gasteiger partial charge in [-0.05, 0) is 41.0 Å². The summed E-state index contributed by atoms with van der Waals surface area (Å²) in [5, 5.41) is 12.0. The molecule has 9 heteroatoms. The minimum atomic E-state index is -3.19.